The Hall–Kier alpha value is -1.45. The fourth-order valence-electron chi connectivity index (χ4n) is 2.05. The van der Waals surface area contributed by atoms with Crippen LogP contribution in [0.15, 0.2) is 60.4 Å². The van der Waals surface area contributed by atoms with Crippen LogP contribution in [0.3, 0.4) is 0 Å². The first-order valence-electron chi connectivity index (χ1n) is 7.07. The Labute approximate surface area is 139 Å². The summed E-state index contributed by atoms with van der Waals surface area (Å²) in [7, 11) is -3.63. The van der Waals surface area contributed by atoms with Crippen molar-refractivity contribution in [3.63, 3.8) is 0 Å². The molecule has 0 amide bonds. The van der Waals surface area contributed by atoms with Gasteiger partial charge in [-0.15, -0.1) is 0 Å². The Morgan fingerprint density at radius 3 is 2.43 bits per heavy atom. The van der Waals surface area contributed by atoms with Gasteiger partial charge in [0.25, 0.3) is 7.37 Å². The molecular formula is C17H17ClFO3P. The molecule has 1 N–H and O–H groups in total. The van der Waals surface area contributed by atoms with Crippen molar-refractivity contribution in [3.05, 3.63) is 77.4 Å². The summed E-state index contributed by atoms with van der Waals surface area (Å²) in [5.41, 5.74) is 0.970. The van der Waals surface area contributed by atoms with Crippen molar-refractivity contribution in [2.24, 2.45) is 0 Å². The average Bonchev–Trinajstić information content (AvgIpc) is 2.56. The summed E-state index contributed by atoms with van der Waals surface area (Å²) in [6.07, 6.45) is 0. The van der Waals surface area contributed by atoms with Crippen LogP contribution in [0.1, 0.15) is 23.9 Å². The van der Waals surface area contributed by atoms with E-state index in [0.29, 0.717) is 11.1 Å². The van der Waals surface area contributed by atoms with Crippen molar-refractivity contribution in [2.45, 2.75) is 12.8 Å². The van der Waals surface area contributed by atoms with Gasteiger partial charge in [-0.05, 0) is 30.2 Å². The smallest absolute Gasteiger partial charge is 0.258 e. The molecule has 0 aliphatic heterocycles. The molecule has 0 radical (unpaired) electrons. The predicted octanol–water partition coefficient (Wildman–Crippen LogP) is 5.37. The van der Waals surface area contributed by atoms with Crippen LogP contribution < -0.4 is 0 Å². The van der Waals surface area contributed by atoms with Crippen molar-refractivity contribution in [1.82, 2.24) is 0 Å². The van der Waals surface area contributed by atoms with Gasteiger partial charge in [0.05, 0.1) is 11.6 Å². The van der Waals surface area contributed by atoms with E-state index in [0.717, 1.165) is 0 Å². The van der Waals surface area contributed by atoms with Crippen LogP contribution >= 0.6 is 19.0 Å². The Morgan fingerprint density at radius 1 is 1.26 bits per heavy atom. The molecule has 0 aromatic heterocycles. The fraction of sp³-hybridized carbons (Fsp3) is 0.176. The van der Waals surface area contributed by atoms with E-state index in [2.05, 4.69) is 0 Å². The van der Waals surface area contributed by atoms with Gasteiger partial charge in [-0.2, -0.15) is 0 Å². The van der Waals surface area contributed by atoms with Crippen LogP contribution in [0.5, 0.6) is 0 Å². The summed E-state index contributed by atoms with van der Waals surface area (Å²) < 4.78 is 31.4. The van der Waals surface area contributed by atoms with Crippen LogP contribution in [0.2, 0.25) is 0 Å². The van der Waals surface area contributed by atoms with Gasteiger partial charge >= 0.3 is 0 Å². The molecule has 23 heavy (non-hydrogen) atoms. The van der Waals surface area contributed by atoms with Crippen LogP contribution in [-0.2, 0) is 9.09 Å². The minimum Gasteiger partial charge on any atom is -0.378 e. The normalized spacial score (nSPS) is 15.9. The number of halogens is 2. The number of aliphatic hydroxyl groups excluding tert-OH is 1. The van der Waals surface area contributed by atoms with E-state index in [1.54, 1.807) is 31.2 Å². The topological polar surface area (TPSA) is 46.5 Å². The molecular weight excluding hydrogens is 338 g/mol. The molecule has 0 bridgehead atoms. The zero-order chi connectivity index (χ0) is 16.9. The van der Waals surface area contributed by atoms with Gasteiger partial charge in [-0.1, -0.05) is 54.1 Å². The van der Waals surface area contributed by atoms with Gasteiger partial charge in [0.1, 0.15) is 5.82 Å². The van der Waals surface area contributed by atoms with Gasteiger partial charge in [0, 0.05) is 5.82 Å². The molecule has 2 aromatic carbocycles. The molecule has 0 spiro atoms. The molecule has 3 nitrogen and oxygen atoms in total. The van der Waals surface area contributed by atoms with Gasteiger partial charge in [0.15, 0.2) is 5.85 Å². The quantitative estimate of drug-likeness (QED) is 0.709. The van der Waals surface area contributed by atoms with Gasteiger partial charge in [-0.3, -0.25) is 4.57 Å². The molecule has 0 unspecified atom stereocenters. The maximum absolute atomic E-state index is 13.1. The summed E-state index contributed by atoms with van der Waals surface area (Å²) in [6, 6.07) is 14.1. The number of hydrogen-bond acceptors (Lipinski definition) is 3. The largest absolute Gasteiger partial charge is 0.378 e. The average molecular weight is 355 g/mol. The lowest BCUT2D eigenvalue weighted by Crippen LogP contribution is -2.02. The molecule has 0 saturated carbocycles. The summed E-state index contributed by atoms with van der Waals surface area (Å²) in [4.78, 5) is 0. The minimum atomic E-state index is -3.63. The highest BCUT2D eigenvalue weighted by Crippen LogP contribution is 2.61. The van der Waals surface area contributed by atoms with Crippen LogP contribution in [0.25, 0.3) is 5.03 Å². The van der Waals surface area contributed by atoms with E-state index in [1.165, 1.54) is 30.1 Å². The summed E-state index contributed by atoms with van der Waals surface area (Å²) in [5, 5.41) is 10.7. The van der Waals surface area contributed by atoms with E-state index in [-0.39, 0.29) is 11.6 Å². The zero-order valence-electron chi connectivity index (χ0n) is 12.5. The number of benzene rings is 2. The highest BCUT2D eigenvalue weighted by Gasteiger charge is 2.32. The molecule has 0 saturated heterocycles. The first kappa shape index (κ1) is 17.9. The zero-order valence-corrected chi connectivity index (χ0v) is 14.2. The molecule has 0 heterocycles. The Kier molecular flexibility index (Phi) is 6.14. The fourth-order valence-corrected chi connectivity index (χ4v) is 4.40. The number of rotatable bonds is 6. The van der Waals surface area contributed by atoms with Crippen molar-refractivity contribution in [1.29, 1.82) is 0 Å². The second-order valence-corrected chi connectivity index (χ2v) is 7.53. The van der Waals surface area contributed by atoms with E-state index in [4.69, 9.17) is 16.1 Å². The Morgan fingerprint density at radius 2 is 1.87 bits per heavy atom. The Balaban J connectivity index is 2.38. The molecule has 2 atom stereocenters. The van der Waals surface area contributed by atoms with Gasteiger partial charge in [-0.25, -0.2) is 4.39 Å². The number of aliphatic hydroxyl groups is 1. The van der Waals surface area contributed by atoms with Crippen molar-refractivity contribution < 1.29 is 18.6 Å². The molecule has 0 aliphatic carbocycles. The molecule has 2 aromatic rings. The van der Waals surface area contributed by atoms with Crippen LogP contribution in [0.4, 0.5) is 4.39 Å². The third kappa shape index (κ3) is 4.52. The van der Waals surface area contributed by atoms with E-state index < -0.39 is 19.0 Å². The van der Waals surface area contributed by atoms with E-state index >= 15 is 0 Å². The SMILES string of the molecule is CCO[P@](=O)(/C=C(\Cl)c1ccccc1)[C@@H](O)c1ccc(F)cc1. The van der Waals surface area contributed by atoms with Gasteiger partial charge in [0.2, 0.25) is 0 Å². The third-order valence-electron chi connectivity index (χ3n) is 3.18. The van der Waals surface area contributed by atoms with Crippen molar-refractivity contribution in [2.75, 3.05) is 6.61 Å². The standard InChI is InChI=1S/C17H17ClFO3P/c1-2-22-23(21,12-16(18)13-6-4-3-5-7-13)17(20)14-8-10-15(19)11-9-14/h3-12,17,20H,2H2,1H3/b16-12-/t17-,23-/m1/s1. The first-order valence-corrected chi connectivity index (χ1v) is 9.21. The summed E-state index contributed by atoms with van der Waals surface area (Å²) in [6.45, 7) is 1.82. The van der Waals surface area contributed by atoms with Crippen molar-refractivity contribution in [3.8, 4) is 0 Å². The van der Waals surface area contributed by atoms with E-state index in [9.17, 15) is 14.1 Å². The van der Waals surface area contributed by atoms with Crippen molar-refractivity contribution >= 4 is 24.0 Å². The van der Waals surface area contributed by atoms with Crippen LogP contribution in [-0.4, -0.2) is 11.7 Å². The Bertz CT molecular complexity index is 716. The second kappa shape index (κ2) is 7.89. The highest BCUT2D eigenvalue weighted by molar-refractivity contribution is 7.62. The monoisotopic (exact) mass is 354 g/mol. The van der Waals surface area contributed by atoms with E-state index in [1.807, 2.05) is 6.07 Å². The molecule has 0 aliphatic rings. The predicted molar refractivity (Wildman–Crippen MR) is 90.9 cm³/mol. The highest BCUT2D eigenvalue weighted by atomic mass is 35.5. The van der Waals surface area contributed by atoms with Gasteiger partial charge < -0.3 is 9.63 Å². The minimum absolute atomic E-state index is 0.144. The van der Waals surface area contributed by atoms with Crippen LogP contribution in [0, 0.1) is 5.82 Å². The molecule has 122 valence electrons. The lowest BCUT2D eigenvalue weighted by Gasteiger charge is -2.21. The lowest BCUT2D eigenvalue weighted by atomic mass is 10.2. The third-order valence-corrected chi connectivity index (χ3v) is 5.92. The maximum atomic E-state index is 13.1. The second-order valence-electron chi connectivity index (χ2n) is 4.83. The maximum Gasteiger partial charge on any atom is 0.258 e. The summed E-state index contributed by atoms with van der Waals surface area (Å²) >= 11 is 6.22. The lowest BCUT2D eigenvalue weighted by molar-refractivity contribution is 0.218. The molecule has 6 heteroatoms. The number of hydrogen-bond donors (Lipinski definition) is 1. The first-order chi connectivity index (χ1) is 11.0. The summed E-state index contributed by atoms with van der Waals surface area (Å²) in [5.74, 6) is -0.605. The molecule has 2 rings (SSSR count). The molecule has 0 fully saturated rings.